The lowest BCUT2D eigenvalue weighted by Crippen LogP contribution is -2.26. The summed E-state index contributed by atoms with van der Waals surface area (Å²) in [5.74, 6) is -0.0133. The van der Waals surface area contributed by atoms with Gasteiger partial charge in [-0.05, 0) is 25.1 Å². The number of aromatic nitrogens is 2. The number of hydrogen-bond donors (Lipinski definition) is 1. The van der Waals surface area contributed by atoms with Gasteiger partial charge < -0.3 is 5.32 Å². The van der Waals surface area contributed by atoms with Gasteiger partial charge in [0.2, 0.25) is 5.91 Å². The van der Waals surface area contributed by atoms with Crippen molar-refractivity contribution in [3.63, 3.8) is 0 Å². The van der Waals surface area contributed by atoms with E-state index in [9.17, 15) is 14.0 Å². The summed E-state index contributed by atoms with van der Waals surface area (Å²) >= 11 is 0. The van der Waals surface area contributed by atoms with Crippen LogP contribution in [0.5, 0.6) is 0 Å². The fourth-order valence-electron chi connectivity index (χ4n) is 2.80. The summed E-state index contributed by atoms with van der Waals surface area (Å²) in [5, 5.41) is 3.26. The highest BCUT2D eigenvalue weighted by atomic mass is 19.1. The molecule has 0 aliphatic heterocycles. The van der Waals surface area contributed by atoms with Crippen molar-refractivity contribution in [2.24, 2.45) is 7.05 Å². The highest BCUT2D eigenvalue weighted by molar-refractivity contribution is 5.79. The monoisotopic (exact) mass is 353 g/mol. The summed E-state index contributed by atoms with van der Waals surface area (Å²) in [6, 6.07) is 11.8. The van der Waals surface area contributed by atoms with E-state index in [0.717, 1.165) is 5.56 Å². The molecule has 5 nitrogen and oxygen atoms in total. The Morgan fingerprint density at radius 2 is 2.00 bits per heavy atom. The van der Waals surface area contributed by atoms with Crippen LogP contribution in [0.25, 0.3) is 10.9 Å². The van der Waals surface area contributed by atoms with Gasteiger partial charge in [0.1, 0.15) is 11.6 Å². The summed E-state index contributed by atoms with van der Waals surface area (Å²) in [5.41, 5.74) is 1.94. The minimum atomic E-state index is -0.346. The van der Waals surface area contributed by atoms with Crippen LogP contribution in [0.4, 0.5) is 4.39 Å². The minimum Gasteiger partial charge on any atom is -0.352 e. The number of benzene rings is 2. The van der Waals surface area contributed by atoms with Gasteiger partial charge in [-0.3, -0.25) is 14.2 Å². The van der Waals surface area contributed by atoms with Gasteiger partial charge >= 0.3 is 0 Å². The van der Waals surface area contributed by atoms with Crippen LogP contribution in [0, 0.1) is 12.7 Å². The molecule has 0 saturated carbocycles. The molecule has 3 aromatic rings. The molecule has 0 aliphatic carbocycles. The van der Waals surface area contributed by atoms with Crippen molar-refractivity contribution >= 4 is 16.8 Å². The molecule has 0 saturated heterocycles. The maximum absolute atomic E-state index is 13.6. The van der Waals surface area contributed by atoms with Gasteiger partial charge in [-0.1, -0.05) is 29.8 Å². The third-order valence-corrected chi connectivity index (χ3v) is 4.33. The van der Waals surface area contributed by atoms with Crippen molar-refractivity contribution in [2.75, 3.05) is 0 Å². The Morgan fingerprint density at radius 3 is 2.77 bits per heavy atom. The maximum atomic E-state index is 13.6. The third kappa shape index (κ3) is 3.79. The molecule has 0 unspecified atom stereocenters. The van der Waals surface area contributed by atoms with Crippen LogP contribution in [0.15, 0.2) is 47.3 Å². The smallest absolute Gasteiger partial charge is 0.261 e. The predicted octanol–water partition coefficient (Wildman–Crippen LogP) is 2.63. The lowest BCUT2D eigenvalue weighted by molar-refractivity contribution is -0.121. The highest BCUT2D eigenvalue weighted by Crippen LogP contribution is 2.11. The lowest BCUT2D eigenvalue weighted by atomic mass is 10.1. The van der Waals surface area contributed by atoms with Gasteiger partial charge in [0.05, 0.1) is 10.9 Å². The average molecular weight is 353 g/mol. The first-order valence-corrected chi connectivity index (χ1v) is 8.42. The molecule has 0 radical (unpaired) electrons. The van der Waals surface area contributed by atoms with Crippen LogP contribution in [0.3, 0.4) is 0 Å². The number of nitrogens with zero attached hydrogens (tertiary/aromatic N) is 2. The molecule has 6 heteroatoms. The molecule has 3 rings (SSSR count). The molecule has 1 amide bonds. The second-order valence-corrected chi connectivity index (χ2v) is 6.28. The number of amides is 1. The Bertz CT molecular complexity index is 1030. The first-order chi connectivity index (χ1) is 12.5. The molecule has 0 spiro atoms. The van der Waals surface area contributed by atoms with Crippen LogP contribution in [0.2, 0.25) is 0 Å². The largest absolute Gasteiger partial charge is 0.352 e. The second kappa shape index (κ2) is 7.47. The molecule has 0 atom stereocenters. The second-order valence-electron chi connectivity index (χ2n) is 6.28. The number of halogens is 1. The molecule has 0 bridgehead atoms. The molecule has 1 aromatic heterocycles. The predicted molar refractivity (Wildman–Crippen MR) is 98.3 cm³/mol. The van der Waals surface area contributed by atoms with Gasteiger partial charge in [-0.2, -0.15) is 0 Å². The van der Waals surface area contributed by atoms with Crippen LogP contribution < -0.4 is 10.9 Å². The first-order valence-electron chi connectivity index (χ1n) is 8.42. The van der Waals surface area contributed by atoms with Gasteiger partial charge in [0.15, 0.2) is 0 Å². The molecule has 0 aliphatic rings. The van der Waals surface area contributed by atoms with Gasteiger partial charge in [-0.25, -0.2) is 9.37 Å². The van der Waals surface area contributed by atoms with E-state index in [1.54, 1.807) is 25.2 Å². The zero-order chi connectivity index (χ0) is 18.7. The van der Waals surface area contributed by atoms with Crippen molar-refractivity contribution in [3.8, 4) is 0 Å². The fraction of sp³-hybridized carbons (Fsp3) is 0.250. The zero-order valence-electron chi connectivity index (χ0n) is 14.8. The summed E-state index contributed by atoms with van der Waals surface area (Å²) in [6.07, 6.45) is 0.505. The van der Waals surface area contributed by atoms with Crippen molar-refractivity contribution < 1.29 is 9.18 Å². The highest BCUT2D eigenvalue weighted by Gasteiger charge is 2.11. The number of rotatable bonds is 5. The van der Waals surface area contributed by atoms with E-state index in [4.69, 9.17) is 0 Å². The molecular weight excluding hydrogens is 333 g/mol. The molecule has 2 aromatic carbocycles. The zero-order valence-corrected chi connectivity index (χ0v) is 14.8. The third-order valence-electron chi connectivity index (χ3n) is 4.33. The topological polar surface area (TPSA) is 64.0 Å². The van der Waals surface area contributed by atoms with Crippen LogP contribution in [-0.2, 0) is 24.8 Å². The number of carbonyl (C=O) groups is 1. The van der Waals surface area contributed by atoms with E-state index in [1.807, 2.05) is 25.1 Å². The summed E-state index contributed by atoms with van der Waals surface area (Å²) < 4.78 is 15.0. The Labute approximate surface area is 150 Å². The first kappa shape index (κ1) is 17.8. The molecule has 134 valence electrons. The molecule has 1 heterocycles. The van der Waals surface area contributed by atoms with E-state index in [1.165, 1.54) is 10.6 Å². The molecule has 0 fully saturated rings. The van der Waals surface area contributed by atoms with Crippen LogP contribution in [0.1, 0.15) is 23.4 Å². The van der Waals surface area contributed by atoms with E-state index < -0.39 is 0 Å². The Kier molecular flexibility index (Phi) is 5.11. The quantitative estimate of drug-likeness (QED) is 0.767. The number of carbonyl (C=O) groups excluding carboxylic acids is 1. The van der Waals surface area contributed by atoms with Crippen LogP contribution in [-0.4, -0.2) is 15.5 Å². The SMILES string of the molecule is Cc1ccc2nc(CCC(=O)NCc3ccccc3F)n(C)c(=O)c2c1. The van der Waals surface area contributed by atoms with Crippen molar-refractivity contribution in [2.45, 2.75) is 26.3 Å². The number of nitrogens with one attached hydrogen (secondary N) is 1. The maximum Gasteiger partial charge on any atom is 0.261 e. The number of aryl methyl sites for hydroxylation is 2. The van der Waals surface area contributed by atoms with Gasteiger partial charge in [0.25, 0.3) is 5.56 Å². The summed E-state index contributed by atoms with van der Waals surface area (Å²) in [4.78, 5) is 29.0. The Hall–Kier alpha value is -3.02. The summed E-state index contributed by atoms with van der Waals surface area (Å²) in [7, 11) is 1.66. The lowest BCUT2D eigenvalue weighted by Gasteiger charge is -2.10. The van der Waals surface area contributed by atoms with Crippen LogP contribution >= 0.6 is 0 Å². The van der Waals surface area contributed by atoms with E-state index in [2.05, 4.69) is 10.3 Å². The van der Waals surface area contributed by atoms with Gasteiger partial charge in [-0.15, -0.1) is 0 Å². The summed E-state index contributed by atoms with van der Waals surface area (Å²) in [6.45, 7) is 2.06. The van der Waals surface area contributed by atoms with E-state index >= 15 is 0 Å². The van der Waals surface area contributed by atoms with E-state index in [-0.39, 0.29) is 30.2 Å². The molecular formula is C20H20FN3O2. The van der Waals surface area contributed by atoms with E-state index in [0.29, 0.717) is 28.7 Å². The number of fused-ring (bicyclic) bond motifs is 1. The Balaban J connectivity index is 1.68. The fourth-order valence-corrected chi connectivity index (χ4v) is 2.80. The minimum absolute atomic E-state index is 0.125. The number of hydrogen-bond acceptors (Lipinski definition) is 3. The normalized spacial score (nSPS) is 10.9. The average Bonchev–Trinajstić information content (AvgIpc) is 2.63. The van der Waals surface area contributed by atoms with Crippen molar-refractivity contribution in [1.82, 2.24) is 14.9 Å². The molecule has 26 heavy (non-hydrogen) atoms. The molecule has 1 N–H and O–H groups in total. The van der Waals surface area contributed by atoms with Gasteiger partial charge in [0, 0.05) is 32.0 Å². The van der Waals surface area contributed by atoms with Crippen molar-refractivity contribution in [3.05, 3.63) is 75.6 Å². The Morgan fingerprint density at radius 1 is 1.23 bits per heavy atom. The standard InChI is InChI=1S/C20H20FN3O2/c1-13-7-8-17-15(11-13)20(26)24(2)18(23-17)9-10-19(25)22-12-14-5-3-4-6-16(14)21/h3-8,11H,9-10,12H2,1-2H3,(H,22,25). The van der Waals surface area contributed by atoms with Crippen molar-refractivity contribution in [1.29, 1.82) is 0 Å².